The smallest absolute Gasteiger partial charge is 0.251 e. The van der Waals surface area contributed by atoms with E-state index in [1.54, 1.807) is 25.3 Å². The van der Waals surface area contributed by atoms with Gasteiger partial charge in [0.1, 0.15) is 6.61 Å². The Morgan fingerprint density at radius 2 is 1.79 bits per heavy atom. The largest absolute Gasteiger partial charge is 0.493 e. The first-order chi connectivity index (χ1) is 11.4. The second kappa shape index (κ2) is 7.86. The van der Waals surface area contributed by atoms with Gasteiger partial charge in [-0.05, 0) is 44.0 Å². The maximum absolute atomic E-state index is 12.4. The summed E-state index contributed by atoms with van der Waals surface area (Å²) in [6.45, 7) is 6.49. The molecule has 2 aromatic rings. The molecule has 0 aromatic heterocycles. The fraction of sp³-hybridized carbons (Fsp3) is 0.350. The number of hydrogen-bond donors (Lipinski definition) is 1. The molecule has 128 valence electrons. The quantitative estimate of drug-likeness (QED) is 0.829. The molecule has 0 unspecified atom stereocenters. The van der Waals surface area contributed by atoms with E-state index in [2.05, 4.69) is 5.32 Å². The van der Waals surface area contributed by atoms with Crippen molar-refractivity contribution in [3.05, 3.63) is 59.7 Å². The minimum Gasteiger partial charge on any atom is -0.493 e. The Morgan fingerprint density at radius 1 is 1.08 bits per heavy atom. The van der Waals surface area contributed by atoms with Gasteiger partial charge in [0.05, 0.1) is 7.11 Å². The molecule has 0 atom stereocenters. The van der Waals surface area contributed by atoms with Crippen LogP contribution in [0, 0.1) is 0 Å². The van der Waals surface area contributed by atoms with Crippen LogP contribution in [0.25, 0.3) is 0 Å². The van der Waals surface area contributed by atoms with E-state index in [1.807, 2.05) is 51.1 Å². The lowest BCUT2D eigenvalue weighted by atomic mass is 10.0. The first-order valence-electron chi connectivity index (χ1n) is 8.12. The summed E-state index contributed by atoms with van der Waals surface area (Å²) in [7, 11) is 1.57. The lowest BCUT2D eigenvalue weighted by Crippen LogP contribution is -2.42. The first-order valence-corrected chi connectivity index (χ1v) is 8.12. The maximum Gasteiger partial charge on any atom is 0.251 e. The van der Waals surface area contributed by atoms with Crippen molar-refractivity contribution >= 4 is 5.91 Å². The number of carbonyl (C=O) groups excluding carboxylic acids is 1. The zero-order valence-electron chi connectivity index (χ0n) is 14.8. The van der Waals surface area contributed by atoms with Crippen molar-refractivity contribution in [3.63, 3.8) is 0 Å². The van der Waals surface area contributed by atoms with Crippen LogP contribution in [0.2, 0.25) is 0 Å². The Labute approximate surface area is 143 Å². The Kier molecular flexibility index (Phi) is 5.85. The van der Waals surface area contributed by atoms with Crippen LogP contribution < -0.4 is 14.8 Å². The van der Waals surface area contributed by atoms with E-state index in [4.69, 9.17) is 9.47 Å². The molecule has 24 heavy (non-hydrogen) atoms. The predicted molar refractivity (Wildman–Crippen MR) is 95.6 cm³/mol. The zero-order valence-corrected chi connectivity index (χ0v) is 14.8. The highest BCUT2D eigenvalue weighted by atomic mass is 16.5. The van der Waals surface area contributed by atoms with Crippen LogP contribution in [0.3, 0.4) is 0 Å². The molecule has 0 spiro atoms. The third kappa shape index (κ3) is 4.75. The molecule has 4 nitrogen and oxygen atoms in total. The highest BCUT2D eigenvalue weighted by molar-refractivity contribution is 5.95. The Hall–Kier alpha value is -2.49. The zero-order chi connectivity index (χ0) is 17.6. The van der Waals surface area contributed by atoms with Crippen LogP contribution in [-0.2, 0) is 6.61 Å². The summed E-state index contributed by atoms with van der Waals surface area (Å²) in [6.07, 6.45) is 0.855. The number of rotatable bonds is 7. The van der Waals surface area contributed by atoms with Crippen molar-refractivity contribution < 1.29 is 14.3 Å². The molecule has 4 heteroatoms. The van der Waals surface area contributed by atoms with Gasteiger partial charge in [0.2, 0.25) is 0 Å². The molecule has 0 heterocycles. The highest BCUT2D eigenvalue weighted by Crippen LogP contribution is 2.29. The second-order valence-electron chi connectivity index (χ2n) is 6.33. The average molecular weight is 327 g/mol. The topological polar surface area (TPSA) is 47.6 Å². The number of nitrogens with one attached hydrogen (secondary N) is 1. The van der Waals surface area contributed by atoms with E-state index in [0.29, 0.717) is 23.7 Å². The lowest BCUT2D eigenvalue weighted by molar-refractivity contribution is 0.0911. The molecular formula is C20H25NO3. The minimum atomic E-state index is -0.243. The molecule has 0 fully saturated rings. The standard InChI is InChI=1S/C20H25NO3/c1-5-20(2,3)21-19(22)16-11-12-17(18(13-16)23-4)24-14-15-9-7-6-8-10-15/h6-13H,5,14H2,1-4H3,(H,21,22). The summed E-state index contributed by atoms with van der Waals surface area (Å²) in [6, 6.07) is 15.1. The fourth-order valence-electron chi connectivity index (χ4n) is 2.13. The average Bonchev–Trinajstić information content (AvgIpc) is 2.60. The first kappa shape index (κ1) is 17.9. The molecule has 0 aliphatic heterocycles. The van der Waals surface area contributed by atoms with Gasteiger partial charge >= 0.3 is 0 Å². The Morgan fingerprint density at radius 3 is 2.42 bits per heavy atom. The highest BCUT2D eigenvalue weighted by Gasteiger charge is 2.20. The van der Waals surface area contributed by atoms with E-state index in [1.165, 1.54) is 0 Å². The molecule has 0 saturated carbocycles. The monoisotopic (exact) mass is 327 g/mol. The molecular weight excluding hydrogens is 302 g/mol. The summed E-state index contributed by atoms with van der Waals surface area (Å²) in [5, 5.41) is 3.02. The van der Waals surface area contributed by atoms with E-state index < -0.39 is 0 Å². The van der Waals surface area contributed by atoms with Gasteiger partial charge in [-0.2, -0.15) is 0 Å². The van der Waals surface area contributed by atoms with Gasteiger partial charge in [0, 0.05) is 11.1 Å². The van der Waals surface area contributed by atoms with E-state index in [9.17, 15) is 4.79 Å². The molecule has 0 bridgehead atoms. The van der Waals surface area contributed by atoms with E-state index in [0.717, 1.165) is 12.0 Å². The van der Waals surface area contributed by atoms with Gasteiger partial charge < -0.3 is 14.8 Å². The lowest BCUT2D eigenvalue weighted by Gasteiger charge is -2.24. The minimum absolute atomic E-state index is 0.116. The molecule has 0 saturated heterocycles. The van der Waals surface area contributed by atoms with Gasteiger partial charge in [-0.25, -0.2) is 0 Å². The van der Waals surface area contributed by atoms with Gasteiger partial charge in [0.25, 0.3) is 5.91 Å². The molecule has 2 rings (SSSR count). The SMILES string of the molecule is CCC(C)(C)NC(=O)c1ccc(OCc2ccccc2)c(OC)c1. The van der Waals surface area contributed by atoms with E-state index >= 15 is 0 Å². The van der Waals surface area contributed by atoms with Crippen molar-refractivity contribution in [1.29, 1.82) is 0 Å². The van der Waals surface area contributed by atoms with Gasteiger partial charge in [-0.15, -0.1) is 0 Å². The summed E-state index contributed by atoms with van der Waals surface area (Å²) < 4.78 is 11.2. The number of ether oxygens (including phenoxy) is 2. The molecule has 1 N–H and O–H groups in total. The number of carbonyl (C=O) groups is 1. The maximum atomic E-state index is 12.4. The van der Waals surface area contributed by atoms with Crippen LogP contribution in [0.5, 0.6) is 11.5 Å². The molecule has 0 aliphatic carbocycles. The van der Waals surface area contributed by atoms with Crippen LogP contribution in [0.15, 0.2) is 48.5 Å². The molecule has 1 amide bonds. The summed E-state index contributed by atoms with van der Waals surface area (Å²) >= 11 is 0. The normalized spacial score (nSPS) is 11.0. The number of benzene rings is 2. The van der Waals surface area contributed by atoms with Crippen LogP contribution in [0.4, 0.5) is 0 Å². The Bertz CT molecular complexity index is 681. The number of hydrogen-bond acceptors (Lipinski definition) is 3. The van der Waals surface area contributed by atoms with Gasteiger partial charge in [-0.3, -0.25) is 4.79 Å². The summed E-state index contributed by atoms with van der Waals surface area (Å²) in [4.78, 5) is 12.4. The second-order valence-corrected chi connectivity index (χ2v) is 6.33. The van der Waals surface area contributed by atoms with Crippen LogP contribution in [-0.4, -0.2) is 18.6 Å². The van der Waals surface area contributed by atoms with Crippen molar-refractivity contribution in [2.24, 2.45) is 0 Å². The van der Waals surface area contributed by atoms with Gasteiger partial charge in [-0.1, -0.05) is 37.3 Å². The van der Waals surface area contributed by atoms with Gasteiger partial charge in [0.15, 0.2) is 11.5 Å². The third-order valence-corrected chi connectivity index (χ3v) is 4.00. The predicted octanol–water partition coefficient (Wildman–Crippen LogP) is 4.19. The van der Waals surface area contributed by atoms with Crippen molar-refractivity contribution in [3.8, 4) is 11.5 Å². The van der Waals surface area contributed by atoms with Crippen LogP contribution in [0.1, 0.15) is 43.1 Å². The van der Waals surface area contributed by atoms with Crippen molar-refractivity contribution in [1.82, 2.24) is 5.32 Å². The number of amides is 1. The van der Waals surface area contributed by atoms with Crippen molar-refractivity contribution in [2.45, 2.75) is 39.3 Å². The Balaban J connectivity index is 2.11. The molecule has 0 radical (unpaired) electrons. The molecule has 2 aromatic carbocycles. The van der Waals surface area contributed by atoms with Crippen LogP contribution >= 0.6 is 0 Å². The summed E-state index contributed by atoms with van der Waals surface area (Å²) in [5.41, 5.74) is 1.39. The summed E-state index contributed by atoms with van der Waals surface area (Å²) in [5.74, 6) is 1.05. The third-order valence-electron chi connectivity index (χ3n) is 4.00. The molecule has 0 aliphatic rings. The number of methoxy groups -OCH3 is 1. The fourth-order valence-corrected chi connectivity index (χ4v) is 2.13. The van der Waals surface area contributed by atoms with Crippen molar-refractivity contribution in [2.75, 3.05) is 7.11 Å². The van der Waals surface area contributed by atoms with E-state index in [-0.39, 0.29) is 11.4 Å².